The summed E-state index contributed by atoms with van der Waals surface area (Å²) in [6.45, 7) is 0.554. The Labute approximate surface area is 175 Å². The van der Waals surface area contributed by atoms with Gasteiger partial charge in [0, 0.05) is 19.2 Å². The molecule has 9 nitrogen and oxygen atoms in total. The van der Waals surface area contributed by atoms with Crippen LogP contribution in [0.3, 0.4) is 0 Å². The third-order valence-electron chi connectivity index (χ3n) is 4.29. The molecule has 0 aromatic heterocycles. The molecule has 1 aliphatic heterocycles. The van der Waals surface area contributed by atoms with Crippen molar-refractivity contribution in [2.75, 3.05) is 26.3 Å². The molecule has 0 radical (unpaired) electrons. The number of alkyl halides is 3. The van der Waals surface area contributed by atoms with Gasteiger partial charge < -0.3 is 14.2 Å². The van der Waals surface area contributed by atoms with Gasteiger partial charge in [-0.15, -0.1) is 13.2 Å². The Kier molecular flexibility index (Phi) is 6.67. The van der Waals surface area contributed by atoms with Gasteiger partial charge in [-0.25, -0.2) is 8.42 Å². The summed E-state index contributed by atoms with van der Waals surface area (Å²) in [5, 5.41) is 11.4. The molecule has 31 heavy (non-hydrogen) atoms. The maximum absolute atomic E-state index is 12.7. The number of rotatable bonds is 7. The van der Waals surface area contributed by atoms with Crippen LogP contribution in [-0.4, -0.2) is 50.3 Å². The molecule has 0 unspecified atom stereocenters. The van der Waals surface area contributed by atoms with Crippen molar-refractivity contribution in [2.45, 2.75) is 17.9 Å². The fourth-order valence-corrected chi connectivity index (χ4v) is 4.24. The van der Waals surface area contributed by atoms with E-state index in [1.807, 2.05) is 0 Å². The monoisotopic (exact) mass is 462 g/mol. The molecule has 2 aromatic carbocycles. The average Bonchev–Trinajstić information content (AvgIpc) is 2.72. The minimum absolute atomic E-state index is 0.141. The Morgan fingerprint density at radius 2 is 1.74 bits per heavy atom. The molecule has 0 atom stereocenters. The Bertz CT molecular complexity index is 1040. The fourth-order valence-electron chi connectivity index (χ4n) is 2.81. The summed E-state index contributed by atoms with van der Waals surface area (Å²) in [4.78, 5) is 10.4. The van der Waals surface area contributed by atoms with Crippen LogP contribution in [0, 0.1) is 10.1 Å². The first-order valence-electron chi connectivity index (χ1n) is 8.90. The van der Waals surface area contributed by atoms with Gasteiger partial charge in [-0.2, -0.15) is 4.31 Å². The van der Waals surface area contributed by atoms with E-state index in [1.54, 1.807) is 0 Å². The van der Waals surface area contributed by atoms with Crippen LogP contribution in [0.15, 0.2) is 47.4 Å². The summed E-state index contributed by atoms with van der Waals surface area (Å²) in [6, 6.07) is 8.08. The van der Waals surface area contributed by atoms with E-state index in [2.05, 4.69) is 4.74 Å². The zero-order chi connectivity index (χ0) is 22.6. The van der Waals surface area contributed by atoms with E-state index in [0.717, 1.165) is 18.2 Å². The van der Waals surface area contributed by atoms with Crippen molar-refractivity contribution in [2.24, 2.45) is 0 Å². The number of nitro benzene ring substituents is 1. The minimum Gasteiger partial charge on any atom is -0.482 e. The normalized spacial score (nSPS) is 15.5. The van der Waals surface area contributed by atoms with Gasteiger partial charge in [0.05, 0.1) is 23.0 Å². The van der Waals surface area contributed by atoms with Gasteiger partial charge in [0.1, 0.15) is 12.4 Å². The average molecular weight is 462 g/mol. The molecule has 13 heteroatoms. The molecule has 0 saturated carbocycles. The predicted molar refractivity (Wildman–Crippen MR) is 100 cm³/mol. The molecule has 1 aliphatic rings. The summed E-state index contributed by atoms with van der Waals surface area (Å²) in [5.41, 5.74) is -0.125. The van der Waals surface area contributed by atoms with E-state index in [-0.39, 0.29) is 43.6 Å². The highest BCUT2D eigenvalue weighted by atomic mass is 32.2. The maximum atomic E-state index is 12.7. The Balaban J connectivity index is 1.75. The number of sulfonamides is 1. The van der Waals surface area contributed by atoms with Gasteiger partial charge in [0.25, 0.3) is 0 Å². The number of nitrogens with zero attached hydrogens (tertiary/aromatic N) is 2. The molecule has 1 fully saturated rings. The third kappa shape index (κ3) is 5.83. The quantitative estimate of drug-likeness (QED) is 0.460. The van der Waals surface area contributed by atoms with Crippen molar-refractivity contribution in [3.8, 4) is 11.5 Å². The molecule has 1 heterocycles. The molecule has 0 bridgehead atoms. The highest BCUT2D eigenvalue weighted by molar-refractivity contribution is 7.89. The van der Waals surface area contributed by atoms with Crippen LogP contribution in [-0.2, 0) is 21.4 Å². The molecule has 1 saturated heterocycles. The lowest BCUT2D eigenvalue weighted by molar-refractivity contribution is -0.386. The van der Waals surface area contributed by atoms with Crippen molar-refractivity contribution in [3.63, 3.8) is 0 Å². The molecule has 0 amide bonds. The number of halogens is 3. The molecule has 0 aliphatic carbocycles. The zero-order valence-corrected chi connectivity index (χ0v) is 16.7. The first-order chi connectivity index (χ1) is 14.6. The lowest BCUT2D eigenvalue weighted by atomic mass is 10.2. The van der Waals surface area contributed by atoms with Gasteiger partial charge in [0.15, 0.2) is 5.75 Å². The Morgan fingerprint density at radius 3 is 2.32 bits per heavy atom. The number of ether oxygens (including phenoxy) is 3. The van der Waals surface area contributed by atoms with Gasteiger partial charge in [-0.05, 0) is 29.8 Å². The summed E-state index contributed by atoms with van der Waals surface area (Å²) in [5.74, 6) is -0.596. The third-order valence-corrected chi connectivity index (χ3v) is 6.18. The summed E-state index contributed by atoms with van der Waals surface area (Å²) in [6.07, 6.45) is -4.82. The minimum atomic E-state index is -4.82. The number of morpholine rings is 1. The number of benzene rings is 2. The van der Waals surface area contributed by atoms with E-state index < -0.39 is 32.7 Å². The van der Waals surface area contributed by atoms with Crippen LogP contribution in [0.4, 0.5) is 18.9 Å². The molecule has 168 valence electrons. The van der Waals surface area contributed by atoms with Crippen LogP contribution >= 0.6 is 0 Å². The van der Waals surface area contributed by atoms with Crippen LogP contribution in [0.5, 0.6) is 11.5 Å². The highest BCUT2D eigenvalue weighted by Gasteiger charge is 2.31. The molecule has 2 aromatic rings. The zero-order valence-electron chi connectivity index (χ0n) is 15.9. The summed E-state index contributed by atoms with van der Waals surface area (Å²) < 4.78 is 77.5. The molecular weight excluding hydrogens is 445 g/mol. The SMILES string of the molecule is O=[N+]([O-])c1cc(S(=O)(=O)N2CCOCC2)ccc1OCc1ccc(OC(F)(F)F)cc1. The largest absolute Gasteiger partial charge is 0.573 e. The Hall–Kier alpha value is -2.90. The van der Waals surface area contributed by atoms with Gasteiger partial charge in [-0.1, -0.05) is 12.1 Å². The van der Waals surface area contributed by atoms with Crippen LogP contribution in [0.2, 0.25) is 0 Å². The Morgan fingerprint density at radius 1 is 1.10 bits per heavy atom. The fraction of sp³-hybridized carbons (Fsp3) is 0.333. The van der Waals surface area contributed by atoms with E-state index in [0.29, 0.717) is 5.56 Å². The van der Waals surface area contributed by atoms with Crippen molar-refractivity contribution < 1.29 is 40.7 Å². The van der Waals surface area contributed by atoms with E-state index in [4.69, 9.17) is 9.47 Å². The molecular formula is C18H17F3N2O7S. The molecule has 3 rings (SSSR count). The highest BCUT2D eigenvalue weighted by Crippen LogP contribution is 2.32. The molecule has 0 spiro atoms. The van der Waals surface area contributed by atoms with Gasteiger partial charge in [0.2, 0.25) is 10.0 Å². The predicted octanol–water partition coefficient (Wildman–Crippen LogP) is 3.09. The van der Waals surface area contributed by atoms with Crippen molar-refractivity contribution >= 4 is 15.7 Å². The van der Waals surface area contributed by atoms with Crippen LogP contribution in [0.25, 0.3) is 0 Å². The van der Waals surface area contributed by atoms with Crippen LogP contribution in [0.1, 0.15) is 5.56 Å². The van der Waals surface area contributed by atoms with Crippen molar-refractivity contribution in [1.29, 1.82) is 0 Å². The first kappa shape index (κ1) is 22.8. The van der Waals surface area contributed by atoms with Gasteiger partial charge in [-0.3, -0.25) is 10.1 Å². The number of nitro groups is 1. The van der Waals surface area contributed by atoms with Crippen molar-refractivity contribution in [1.82, 2.24) is 4.31 Å². The van der Waals surface area contributed by atoms with E-state index in [1.165, 1.54) is 28.6 Å². The number of hydrogen-bond acceptors (Lipinski definition) is 7. The van der Waals surface area contributed by atoms with Crippen LogP contribution < -0.4 is 9.47 Å². The smallest absolute Gasteiger partial charge is 0.482 e. The van der Waals surface area contributed by atoms with E-state index in [9.17, 15) is 31.7 Å². The standard InChI is InChI=1S/C18H17F3N2O7S/c19-18(20,21)30-14-3-1-13(2-4-14)12-29-17-6-5-15(11-16(17)23(24)25)31(26,27)22-7-9-28-10-8-22/h1-6,11H,7-10,12H2. The second kappa shape index (κ2) is 9.08. The van der Waals surface area contributed by atoms with Crippen molar-refractivity contribution in [3.05, 3.63) is 58.1 Å². The summed E-state index contributed by atoms with van der Waals surface area (Å²) >= 11 is 0. The first-order valence-corrected chi connectivity index (χ1v) is 10.3. The summed E-state index contributed by atoms with van der Waals surface area (Å²) in [7, 11) is -3.93. The molecule has 0 N–H and O–H groups in total. The maximum Gasteiger partial charge on any atom is 0.573 e. The number of hydrogen-bond donors (Lipinski definition) is 0. The lowest BCUT2D eigenvalue weighted by Gasteiger charge is -2.26. The van der Waals surface area contributed by atoms with E-state index >= 15 is 0 Å². The van der Waals surface area contributed by atoms with Gasteiger partial charge >= 0.3 is 12.0 Å². The lowest BCUT2D eigenvalue weighted by Crippen LogP contribution is -2.40. The second-order valence-electron chi connectivity index (χ2n) is 6.38. The topological polar surface area (TPSA) is 108 Å². The second-order valence-corrected chi connectivity index (χ2v) is 8.32.